The van der Waals surface area contributed by atoms with Gasteiger partial charge in [-0.1, -0.05) is 6.07 Å². The largest absolute Gasteiger partial charge is 0.461 e. The number of rotatable bonds is 3. The molecule has 2 aromatic rings. The monoisotopic (exact) mass is 289 g/mol. The number of carbonyl (C=O) groups excluding carboxylic acids is 1. The molecule has 0 atom stereocenters. The van der Waals surface area contributed by atoms with E-state index in [-0.39, 0.29) is 29.0 Å². The maximum absolute atomic E-state index is 12.3. The van der Waals surface area contributed by atoms with Gasteiger partial charge < -0.3 is 9.72 Å². The third kappa shape index (κ3) is 3.44. The summed E-state index contributed by atoms with van der Waals surface area (Å²) in [6, 6.07) is 5.80. The summed E-state index contributed by atoms with van der Waals surface area (Å²) < 4.78 is 41.6. The van der Waals surface area contributed by atoms with Crippen LogP contribution in [0.25, 0.3) is 10.9 Å². The van der Waals surface area contributed by atoms with Gasteiger partial charge in [0.2, 0.25) is 0 Å². The number of carbonyl (C=O) groups is 1. The fourth-order valence-electron chi connectivity index (χ4n) is 1.62. The smallest absolute Gasteiger partial charge is 0.446 e. The molecular formula is C12H10F3NO2S. The molecular weight excluding hydrogens is 279 g/mol. The van der Waals surface area contributed by atoms with E-state index in [1.165, 1.54) is 18.2 Å². The van der Waals surface area contributed by atoms with Crippen LogP contribution in [0, 0.1) is 0 Å². The Morgan fingerprint density at radius 3 is 2.74 bits per heavy atom. The summed E-state index contributed by atoms with van der Waals surface area (Å²) in [7, 11) is 0. The average molecular weight is 289 g/mol. The Labute approximate surface area is 111 Å². The highest BCUT2D eigenvalue weighted by Gasteiger charge is 2.29. The normalized spacial score (nSPS) is 11.8. The molecule has 0 bridgehead atoms. The number of halogens is 3. The quantitative estimate of drug-likeness (QED) is 0.687. The summed E-state index contributed by atoms with van der Waals surface area (Å²) in [6.45, 7) is 1.92. The van der Waals surface area contributed by atoms with E-state index >= 15 is 0 Å². The number of aromatic nitrogens is 1. The van der Waals surface area contributed by atoms with Crippen LogP contribution in [-0.4, -0.2) is 23.1 Å². The highest BCUT2D eigenvalue weighted by atomic mass is 32.2. The predicted octanol–water partition coefficient (Wildman–Crippen LogP) is 3.96. The van der Waals surface area contributed by atoms with E-state index < -0.39 is 11.5 Å². The Morgan fingerprint density at radius 2 is 2.11 bits per heavy atom. The number of aromatic amines is 1. The summed E-state index contributed by atoms with van der Waals surface area (Å²) in [5.41, 5.74) is -3.63. The SMILES string of the molecule is CCOC(=O)c1cc2ccc(SC(F)(F)F)cc2[nH]1. The van der Waals surface area contributed by atoms with Gasteiger partial charge in [-0.15, -0.1) is 0 Å². The van der Waals surface area contributed by atoms with Gasteiger partial charge in [0.15, 0.2) is 0 Å². The van der Waals surface area contributed by atoms with Crippen molar-refractivity contribution in [2.75, 3.05) is 6.61 Å². The van der Waals surface area contributed by atoms with Gasteiger partial charge in [-0.3, -0.25) is 0 Å². The van der Waals surface area contributed by atoms with Crippen LogP contribution >= 0.6 is 11.8 Å². The van der Waals surface area contributed by atoms with Crippen molar-refractivity contribution in [3.05, 3.63) is 30.0 Å². The lowest BCUT2D eigenvalue weighted by atomic mass is 10.2. The van der Waals surface area contributed by atoms with Crippen molar-refractivity contribution < 1.29 is 22.7 Å². The minimum atomic E-state index is -4.33. The zero-order chi connectivity index (χ0) is 14.0. The summed E-state index contributed by atoms with van der Waals surface area (Å²) in [4.78, 5) is 14.3. The maximum Gasteiger partial charge on any atom is 0.446 e. The van der Waals surface area contributed by atoms with Crippen LogP contribution in [0.5, 0.6) is 0 Å². The first-order chi connectivity index (χ1) is 8.89. The van der Waals surface area contributed by atoms with Crippen molar-refractivity contribution in [2.24, 2.45) is 0 Å². The Hall–Kier alpha value is -1.63. The predicted molar refractivity (Wildman–Crippen MR) is 66.2 cm³/mol. The summed E-state index contributed by atoms with van der Waals surface area (Å²) in [5, 5.41) is 0.662. The van der Waals surface area contributed by atoms with Gasteiger partial charge in [0.1, 0.15) is 5.69 Å². The molecule has 0 aliphatic carbocycles. The van der Waals surface area contributed by atoms with Gasteiger partial charge in [-0.25, -0.2) is 4.79 Å². The lowest BCUT2D eigenvalue weighted by Gasteiger charge is -2.04. The molecule has 0 radical (unpaired) electrons. The van der Waals surface area contributed by atoms with Crippen LogP contribution in [0.3, 0.4) is 0 Å². The van der Waals surface area contributed by atoms with Crippen LogP contribution in [0.4, 0.5) is 13.2 Å². The van der Waals surface area contributed by atoms with E-state index in [1.54, 1.807) is 13.0 Å². The number of benzene rings is 1. The molecule has 0 fully saturated rings. The van der Waals surface area contributed by atoms with E-state index in [0.717, 1.165) is 0 Å². The molecule has 1 aromatic carbocycles. The second-order valence-corrected chi connectivity index (χ2v) is 4.84. The Morgan fingerprint density at radius 1 is 1.37 bits per heavy atom. The molecule has 7 heteroatoms. The molecule has 1 aromatic heterocycles. The van der Waals surface area contributed by atoms with Crippen LogP contribution in [0.15, 0.2) is 29.2 Å². The molecule has 0 unspecified atom stereocenters. The first-order valence-corrected chi connectivity index (χ1v) is 6.26. The van der Waals surface area contributed by atoms with Gasteiger partial charge in [-0.05, 0) is 36.9 Å². The summed E-state index contributed by atoms with van der Waals surface area (Å²) in [6.07, 6.45) is 0. The van der Waals surface area contributed by atoms with Gasteiger partial charge in [0, 0.05) is 15.8 Å². The van der Waals surface area contributed by atoms with Crippen LogP contribution < -0.4 is 0 Å². The van der Waals surface area contributed by atoms with Gasteiger partial charge in [0.25, 0.3) is 0 Å². The van der Waals surface area contributed by atoms with E-state index in [1.807, 2.05) is 0 Å². The van der Waals surface area contributed by atoms with Crippen LogP contribution in [0.1, 0.15) is 17.4 Å². The van der Waals surface area contributed by atoms with Crippen LogP contribution in [0.2, 0.25) is 0 Å². The van der Waals surface area contributed by atoms with E-state index in [9.17, 15) is 18.0 Å². The van der Waals surface area contributed by atoms with Gasteiger partial charge in [0.05, 0.1) is 6.61 Å². The minimum absolute atomic E-state index is 0.0669. The first kappa shape index (κ1) is 13.8. The molecule has 3 nitrogen and oxygen atoms in total. The molecule has 1 N–H and O–H groups in total. The first-order valence-electron chi connectivity index (χ1n) is 5.44. The number of hydrogen-bond donors (Lipinski definition) is 1. The molecule has 19 heavy (non-hydrogen) atoms. The molecule has 102 valence electrons. The number of thioether (sulfide) groups is 1. The lowest BCUT2D eigenvalue weighted by Crippen LogP contribution is -2.04. The van der Waals surface area contributed by atoms with E-state index in [2.05, 4.69) is 4.98 Å². The maximum atomic E-state index is 12.3. The van der Waals surface area contributed by atoms with Crippen molar-refractivity contribution in [3.63, 3.8) is 0 Å². The number of H-pyrrole nitrogens is 1. The fourth-order valence-corrected chi connectivity index (χ4v) is 2.20. The number of fused-ring (bicyclic) bond motifs is 1. The average Bonchev–Trinajstić information content (AvgIpc) is 2.70. The molecule has 0 spiro atoms. The van der Waals surface area contributed by atoms with Crippen LogP contribution in [-0.2, 0) is 4.74 Å². The Balaban J connectivity index is 2.31. The standard InChI is InChI=1S/C12H10F3NO2S/c1-2-18-11(17)10-5-7-3-4-8(6-9(7)16-10)19-12(13,14)15/h3-6,16H,2H2,1H3. The molecule has 0 aliphatic heterocycles. The summed E-state index contributed by atoms with van der Waals surface area (Å²) in [5.74, 6) is -0.524. The van der Waals surface area contributed by atoms with Gasteiger partial charge >= 0.3 is 11.5 Å². The number of ether oxygens (including phenoxy) is 1. The number of alkyl halides is 3. The minimum Gasteiger partial charge on any atom is -0.461 e. The molecule has 0 aliphatic rings. The van der Waals surface area contributed by atoms with Crippen molar-refractivity contribution in [2.45, 2.75) is 17.3 Å². The number of nitrogens with one attached hydrogen (secondary N) is 1. The van der Waals surface area contributed by atoms with Crippen molar-refractivity contribution >= 4 is 28.6 Å². The van der Waals surface area contributed by atoms with E-state index in [4.69, 9.17) is 4.74 Å². The Bertz CT molecular complexity index is 607. The topological polar surface area (TPSA) is 42.1 Å². The third-order valence-corrected chi connectivity index (χ3v) is 3.04. The molecule has 1 heterocycles. The fraction of sp³-hybridized carbons (Fsp3) is 0.250. The zero-order valence-corrected chi connectivity index (χ0v) is 10.7. The lowest BCUT2D eigenvalue weighted by molar-refractivity contribution is -0.0328. The number of esters is 1. The van der Waals surface area contributed by atoms with Gasteiger partial charge in [-0.2, -0.15) is 13.2 Å². The second kappa shape index (κ2) is 5.16. The molecule has 0 saturated carbocycles. The number of hydrogen-bond acceptors (Lipinski definition) is 3. The third-order valence-electron chi connectivity index (χ3n) is 2.32. The Kier molecular flexibility index (Phi) is 3.75. The zero-order valence-electron chi connectivity index (χ0n) is 9.88. The van der Waals surface area contributed by atoms with Crippen molar-refractivity contribution in [1.29, 1.82) is 0 Å². The molecule has 0 saturated heterocycles. The van der Waals surface area contributed by atoms with Crippen molar-refractivity contribution in [3.8, 4) is 0 Å². The highest BCUT2D eigenvalue weighted by Crippen LogP contribution is 2.37. The highest BCUT2D eigenvalue weighted by molar-refractivity contribution is 8.00. The van der Waals surface area contributed by atoms with Crippen molar-refractivity contribution in [1.82, 2.24) is 4.98 Å². The summed E-state index contributed by atoms with van der Waals surface area (Å²) >= 11 is -0.193. The molecule has 2 rings (SSSR count). The van der Waals surface area contributed by atoms with E-state index in [0.29, 0.717) is 10.9 Å². The molecule has 0 amide bonds. The second-order valence-electron chi connectivity index (χ2n) is 3.70.